The fourth-order valence-corrected chi connectivity index (χ4v) is 2.96. The molecule has 0 bridgehead atoms. The topological polar surface area (TPSA) is 66.5 Å². The van der Waals surface area contributed by atoms with E-state index in [2.05, 4.69) is 16.6 Å². The quantitative estimate of drug-likeness (QED) is 0.853. The van der Waals surface area contributed by atoms with E-state index in [9.17, 15) is 13.2 Å². The molecule has 0 aliphatic carbocycles. The highest BCUT2D eigenvalue weighted by Gasteiger charge is 2.11. The lowest BCUT2D eigenvalue weighted by atomic mass is 10.1. The number of benzene rings is 2. The van der Waals surface area contributed by atoms with Gasteiger partial charge in [-0.2, -0.15) is 4.72 Å². The molecule has 0 aliphatic heterocycles. The SMILES string of the molecule is Cc1ccc(S(=O)(=O)NCC#Cc2ccc(C(=O)N(C)C)cc2)cc1. The minimum atomic E-state index is -3.56. The van der Waals surface area contributed by atoms with Gasteiger partial charge in [0.05, 0.1) is 11.4 Å². The van der Waals surface area contributed by atoms with E-state index in [1.807, 2.05) is 6.92 Å². The number of amides is 1. The van der Waals surface area contributed by atoms with Gasteiger partial charge in [-0.15, -0.1) is 0 Å². The standard InChI is InChI=1S/C19H20N2O3S/c1-15-6-12-18(13-7-15)25(23,24)20-14-4-5-16-8-10-17(11-9-16)19(22)21(2)3/h6-13,20H,14H2,1-3H3. The molecule has 2 rings (SSSR count). The van der Waals surface area contributed by atoms with Crippen LogP contribution in [0.1, 0.15) is 21.5 Å². The van der Waals surface area contributed by atoms with E-state index in [0.717, 1.165) is 5.56 Å². The van der Waals surface area contributed by atoms with Crippen LogP contribution in [0.2, 0.25) is 0 Å². The first kappa shape index (κ1) is 18.7. The molecular formula is C19H20N2O3S. The van der Waals surface area contributed by atoms with Gasteiger partial charge >= 0.3 is 0 Å². The van der Waals surface area contributed by atoms with Crippen LogP contribution in [0.5, 0.6) is 0 Å². The smallest absolute Gasteiger partial charge is 0.253 e. The van der Waals surface area contributed by atoms with E-state index in [-0.39, 0.29) is 17.3 Å². The van der Waals surface area contributed by atoms with Gasteiger partial charge in [-0.3, -0.25) is 4.79 Å². The highest BCUT2D eigenvalue weighted by Crippen LogP contribution is 2.09. The van der Waals surface area contributed by atoms with Crippen molar-refractivity contribution in [2.45, 2.75) is 11.8 Å². The largest absolute Gasteiger partial charge is 0.345 e. The monoisotopic (exact) mass is 356 g/mol. The Morgan fingerprint density at radius 3 is 2.20 bits per heavy atom. The Morgan fingerprint density at radius 1 is 1.04 bits per heavy atom. The number of nitrogens with one attached hydrogen (secondary N) is 1. The van der Waals surface area contributed by atoms with Crippen molar-refractivity contribution in [3.63, 3.8) is 0 Å². The van der Waals surface area contributed by atoms with Crippen molar-refractivity contribution in [3.05, 3.63) is 65.2 Å². The Hall–Kier alpha value is -2.62. The number of hydrogen-bond donors (Lipinski definition) is 1. The summed E-state index contributed by atoms with van der Waals surface area (Å²) in [4.78, 5) is 13.5. The number of carbonyl (C=O) groups is 1. The second kappa shape index (κ2) is 7.97. The van der Waals surface area contributed by atoms with Crippen molar-refractivity contribution in [1.29, 1.82) is 0 Å². The summed E-state index contributed by atoms with van der Waals surface area (Å²) in [7, 11) is -0.180. The Labute approximate surface area is 148 Å². The third-order valence-electron chi connectivity index (χ3n) is 3.45. The zero-order valence-corrected chi connectivity index (χ0v) is 15.2. The highest BCUT2D eigenvalue weighted by atomic mass is 32.2. The lowest BCUT2D eigenvalue weighted by Gasteiger charge is -2.09. The normalized spacial score (nSPS) is 10.7. The van der Waals surface area contributed by atoms with Crippen molar-refractivity contribution < 1.29 is 13.2 Å². The molecule has 0 spiro atoms. The molecule has 130 valence electrons. The van der Waals surface area contributed by atoms with Crippen molar-refractivity contribution in [3.8, 4) is 11.8 Å². The summed E-state index contributed by atoms with van der Waals surface area (Å²) < 4.78 is 26.7. The van der Waals surface area contributed by atoms with Gasteiger partial charge in [-0.25, -0.2) is 8.42 Å². The predicted molar refractivity (Wildman–Crippen MR) is 97.7 cm³/mol. The maximum Gasteiger partial charge on any atom is 0.253 e. The summed E-state index contributed by atoms with van der Waals surface area (Å²) in [5.74, 6) is 5.57. The second-order valence-electron chi connectivity index (χ2n) is 5.72. The van der Waals surface area contributed by atoms with Crippen LogP contribution in [-0.4, -0.2) is 39.9 Å². The summed E-state index contributed by atoms with van der Waals surface area (Å²) in [5.41, 5.74) is 2.29. The third kappa shape index (κ3) is 5.18. The van der Waals surface area contributed by atoms with E-state index in [0.29, 0.717) is 11.1 Å². The zero-order chi connectivity index (χ0) is 18.4. The maximum absolute atomic E-state index is 12.1. The van der Waals surface area contributed by atoms with E-state index in [1.165, 1.54) is 4.90 Å². The molecule has 0 saturated carbocycles. The molecule has 5 nitrogen and oxygen atoms in total. The average molecular weight is 356 g/mol. The van der Waals surface area contributed by atoms with Gasteiger partial charge in [-0.1, -0.05) is 29.5 Å². The molecule has 0 fully saturated rings. The van der Waals surface area contributed by atoms with E-state index in [4.69, 9.17) is 0 Å². The molecule has 0 saturated heterocycles. The minimum absolute atomic E-state index is 0.00852. The van der Waals surface area contributed by atoms with Crippen LogP contribution in [0.4, 0.5) is 0 Å². The Balaban J connectivity index is 1.98. The van der Waals surface area contributed by atoms with Crippen molar-refractivity contribution in [2.75, 3.05) is 20.6 Å². The minimum Gasteiger partial charge on any atom is -0.345 e. The van der Waals surface area contributed by atoms with Gasteiger partial charge in [0.1, 0.15) is 0 Å². The van der Waals surface area contributed by atoms with Gasteiger partial charge in [-0.05, 0) is 43.3 Å². The van der Waals surface area contributed by atoms with Gasteiger partial charge < -0.3 is 4.90 Å². The molecule has 0 heterocycles. The van der Waals surface area contributed by atoms with Crippen LogP contribution in [0.3, 0.4) is 0 Å². The first-order valence-electron chi connectivity index (χ1n) is 7.66. The Bertz CT molecular complexity index is 904. The molecule has 6 heteroatoms. The molecule has 0 radical (unpaired) electrons. The van der Waals surface area contributed by atoms with Crippen molar-refractivity contribution in [2.24, 2.45) is 0 Å². The Kier molecular flexibility index (Phi) is 5.97. The third-order valence-corrected chi connectivity index (χ3v) is 4.87. The lowest BCUT2D eigenvalue weighted by Crippen LogP contribution is -2.23. The number of hydrogen-bond acceptors (Lipinski definition) is 3. The zero-order valence-electron chi connectivity index (χ0n) is 14.4. The molecular weight excluding hydrogens is 336 g/mol. The van der Waals surface area contributed by atoms with Gasteiger partial charge in [0.15, 0.2) is 0 Å². The predicted octanol–water partition coefficient (Wildman–Crippen LogP) is 2.03. The molecule has 0 aromatic heterocycles. The molecule has 0 aliphatic rings. The van der Waals surface area contributed by atoms with Crippen LogP contribution < -0.4 is 4.72 Å². The van der Waals surface area contributed by atoms with Crippen LogP contribution >= 0.6 is 0 Å². The summed E-state index contributed by atoms with van der Waals surface area (Å²) in [6, 6.07) is 13.5. The second-order valence-corrected chi connectivity index (χ2v) is 7.48. The molecule has 0 atom stereocenters. The summed E-state index contributed by atoms with van der Waals surface area (Å²) >= 11 is 0. The molecule has 25 heavy (non-hydrogen) atoms. The highest BCUT2D eigenvalue weighted by molar-refractivity contribution is 7.89. The first-order valence-corrected chi connectivity index (χ1v) is 9.15. The molecule has 2 aromatic carbocycles. The van der Waals surface area contributed by atoms with Crippen LogP contribution in [0, 0.1) is 18.8 Å². The van der Waals surface area contributed by atoms with Crippen molar-refractivity contribution in [1.82, 2.24) is 9.62 Å². The van der Waals surface area contributed by atoms with Crippen LogP contribution in [0.25, 0.3) is 0 Å². The van der Waals surface area contributed by atoms with Gasteiger partial charge in [0.2, 0.25) is 10.0 Å². The van der Waals surface area contributed by atoms with Crippen LogP contribution in [0.15, 0.2) is 53.4 Å². The van der Waals surface area contributed by atoms with E-state index >= 15 is 0 Å². The lowest BCUT2D eigenvalue weighted by molar-refractivity contribution is 0.0827. The fraction of sp³-hybridized carbons (Fsp3) is 0.211. The number of nitrogens with zero attached hydrogens (tertiary/aromatic N) is 1. The molecule has 1 amide bonds. The average Bonchev–Trinajstić information content (AvgIpc) is 2.59. The summed E-state index contributed by atoms with van der Waals surface area (Å²) in [6.07, 6.45) is 0. The number of rotatable bonds is 4. The number of aryl methyl sites for hydroxylation is 1. The molecule has 2 aromatic rings. The summed E-state index contributed by atoms with van der Waals surface area (Å²) in [5, 5.41) is 0. The van der Waals surface area contributed by atoms with Crippen LogP contribution in [-0.2, 0) is 10.0 Å². The molecule has 0 unspecified atom stereocenters. The number of carbonyl (C=O) groups excluding carboxylic acids is 1. The summed E-state index contributed by atoms with van der Waals surface area (Å²) in [6.45, 7) is 1.90. The Morgan fingerprint density at radius 2 is 1.64 bits per heavy atom. The van der Waals surface area contributed by atoms with Gasteiger partial charge in [0, 0.05) is 25.2 Å². The van der Waals surface area contributed by atoms with E-state index < -0.39 is 10.0 Å². The first-order chi connectivity index (χ1) is 11.8. The van der Waals surface area contributed by atoms with Gasteiger partial charge in [0.25, 0.3) is 5.91 Å². The maximum atomic E-state index is 12.1. The number of sulfonamides is 1. The van der Waals surface area contributed by atoms with Crippen molar-refractivity contribution >= 4 is 15.9 Å². The fourth-order valence-electron chi connectivity index (χ4n) is 2.03. The molecule has 1 N–H and O–H groups in total. The van der Waals surface area contributed by atoms with E-state index in [1.54, 1.807) is 62.6 Å².